The van der Waals surface area contributed by atoms with E-state index in [0.29, 0.717) is 6.42 Å². The van der Waals surface area contributed by atoms with Crippen molar-refractivity contribution in [3.05, 3.63) is 23.8 Å². The SMILES string of the molecule is CCCC1O[C@@H]2C[C@H]3[C@@H]4CCC5=CC(=O)C=C[C@]5(C)[C@H]4[C@@H](O)C[C@]3(C)[C@]2(C(=O)CNC)O1. The van der Waals surface area contributed by atoms with Crippen molar-refractivity contribution in [1.29, 1.82) is 0 Å². The lowest BCUT2D eigenvalue weighted by Crippen LogP contribution is -2.64. The largest absolute Gasteiger partial charge is 0.393 e. The third kappa shape index (κ3) is 2.79. The van der Waals surface area contributed by atoms with Crippen molar-refractivity contribution in [3.63, 3.8) is 0 Å². The number of aliphatic hydroxyl groups is 1. The highest BCUT2D eigenvalue weighted by Crippen LogP contribution is 2.69. The van der Waals surface area contributed by atoms with Crippen LogP contribution in [-0.2, 0) is 19.1 Å². The van der Waals surface area contributed by atoms with Gasteiger partial charge in [0, 0.05) is 16.7 Å². The van der Waals surface area contributed by atoms with E-state index in [-0.39, 0.29) is 53.7 Å². The second-order valence-corrected chi connectivity index (χ2v) is 11.1. The minimum atomic E-state index is -1.01. The highest BCUT2D eigenvalue weighted by Gasteiger charge is 2.75. The van der Waals surface area contributed by atoms with Crippen LogP contribution >= 0.6 is 0 Å². The molecule has 5 rings (SSSR count). The Morgan fingerprint density at radius 2 is 2.12 bits per heavy atom. The summed E-state index contributed by atoms with van der Waals surface area (Å²) in [5.74, 6) is 0.609. The Morgan fingerprint density at radius 1 is 1.34 bits per heavy atom. The van der Waals surface area contributed by atoms with E-state index in [4.69, 9.17) is 9.47 Å². The van der Waals surface area contributed by atoms with Crippen LogP contribution in [-0.4, -0.2) is 54.4 Å². The molecule has 6 heteroatoms. The van der Waals surface area contributed by atoms with Gasteiger partial charge in [0.15, 0.2) is 23.5 Å². The molecule has 4 aliphatic carbocycles. The number of rotatable bonds is 5. The topological polar surface area (TPSA) is 84.9 Å². The molecule has 1 aliphatic heterocycles. The molecule has 1 heterocycles. The highest BCUT2D eigenvalue weighted by molar-refractivity contribution is 6.01. The summed E-state index contributed by atoms with van der Waals surface area (Å²) >= 11 is 0. The number of fused-ring (bicyclic) bond motifs is 7. The van der Waals surface area contributed by atoms with Crippen LogP contribution in [0.2, 0.25) is 0 Å². The minimum absolute atomic E-state index is 0.0339. The number of allylic oxidation sites excluding steroid dienone is 4. The van der Waals surface area contributed by atoms with Gasteiger partial charge in [0.2, 0.25) is 0 Å². The molecule has 6 nitrogen and oxygen atoms in total. The molecule has 1 saturated heterocycles. The van der Waals surface area contributed by atoms with E-state index in [1.807, 2.05) is 6.08 Å². The Balaban J connectivity index is 1.55. The Labute approximate surface area is 190 Å². The average molecular weight is 444 g/mol. The fourth-order valence-corrected chi connectivity index (χ4v) is 8.30. The van der Waals surface area contributed by atoms with Gasteiger partial charge in [0.1, 0.15) is 0 Å². The number of nitrogens with one attached hydrogen (secondary N) is 1. The summed E-state index contributed by atoms with van der Waals surface area (Å²) < 4.78 is 13.0. The Hall–Kier alpha value is -1.34. The molecule has 0 aromatic rings. The van der Waals surface area contributed by atoms with E-state index in [1.54, 1.807) is 19.2 Å². The predicted molar refractivity (Wildman–Crippen MR) is 120 cm³/mol. The number of hydrogen-bond donors (Lipinski definition) is 2. The average Bonchev–Trinajstić information content (AvgIpc) is 3.21. The number of carbonyl (C=O) groups is 2. The number of Topliss-reactive ketones (excluding diaryl/α,β-unsaturated/α-hetero) is 1. The molecule has 176 valence electrons. The van der Waals surface area contributed by atoms with Crippen molar-refractivity contribution in [2.24, 2.45) is 28.6 Å². The predicted octanol–water partition coefficient (Wildman–Crippen LogP) is 2.94. The Morgan fingerprint density at radius 3 is 2.84 bits per heavy atom. The smallest absolute Gasteiger partial charge is 0.181 e. The monoisotopic (exact) mass is 443 g/mol. The van der Waals surface area contributed by atoms with Crippen molar-refractivity contribution in [2.75, 3.05) is 13.6 Å². The zero-order valence-corrected chi connectivity index (χ0v) is 19.7. The van der Waals surface area contributed by atoms with Gasteiger partial charge in [0.05, 0.1) is 18.8 Å². The molecular formula is C26H37NO5. The summed E-state index contributed by atoms with van der Waals surface area (Å²) in [4.78, 5) is 25.7. The molecule has 9 atom stereocenters. The summed E-state index contributed by atoms with van der Waals surface area (Å²) in [6.45, 7) is 6.67. The summed E-state index contributed by atoms with van der Waals surface area (Å²) in [5.41, 5.74) is -0.671. The minimum Gasteiger partial charge on any atom is -0.393 e. The fraction of sp³-hybridized carbons (Fsp3) is 0.769. The molecule has 0 bridgehead atoms. The number of likely N-dealkylation sites (N-methyl/N-ethyl adjacent to an activating group) is 1. The molecule has 1 unspecified atom stereocenters. The number of ketones is 2. The lowest BCUT2D eigenvalue weighted by molar-refractivity contribution is -0.198. The van der Waals surface area contributed by atoms with E-state index >= 15 is 0 Å². The molecule has 0 spiro atoms. The summed E-state index contributed by atoms with van der Waals surface area (Å²) in [6.07, 6.45) is 9.05. The first kappa shape index (κ1) is 22.5. The maximum Gasteiger partial charge on any atom is 0.181 e. The molecule has 32 heavy (non-hydrogen) atoms. The van der Waals surface area contributed by atoms with E-state index in [1.165, 1.54) is 0 Å². The second kappa shape index (κ2) is 7.59. The summed E-state index contributed by atoms with van der Waals surface area (Å²) in [7, 11) is 1.79. The van der Waals surface area contributed by atoms with Crippen LogP contribution in [0.1, 0.15) is 59.3 Å². The molecule has 3 saturated carbocycles. The van der Waals surface area contributed by atoms with Gasteiger partial charge in [-0.25, -0.2) is 0 Å². The number of ether oxygens (including phenoxy) is 2. The van der Waals surface area contributed by atoms with Crippen LogP contribution in [0.4, 0.5) is 0 Å². The maximum absolute atomic E-state index is 13.6. The highest BCUT2D eigenvalue weighted by atomic mass is 16.7. The van der Waals surface area contributed by atoms with Crippen molar-refractivity contribution < 1.29 is 24.2 Å². The lowest BCUT2D eigenvalue weighted by atomic mass is 9.46. The van der Waals surface area contributed by atoms with Gasteiger partial charge in [-0.15, -0.1) is 0 Å². The van der Waals surface area contributed by atoms with Gasteiger partial charge in [0.25, 0.3) is 0 Å². The van der Waals surface area contributed by atoms with Crippen LogP contribution < -0.4 is 5.32 Å². The summed E-state index contributed by atoms with van der Waals surface area (Å²) in [6, 6.07) is 0. The number of aliphatic hydroxyl groups excluding tert-OH is 1. The van der Waals surface area contributed by atoms with Gasteiger partial charge in [-0.3, -0.25) is 9.59 Å². The quantitative estimate of drug-likeness (QED) is 0.680. The fourth-order valence-electron chi connectivity index (χ4n) is 8.30. The van der Waals surface area contributed by atoms with E-state index in [9.17, 15) is 14.7 Å². The Bertz CT molecular complexity index is 881. The normalized spacial score (nSPS) is 49.2. The molecule has 5 aliphatic rings. The first-order chi connectivity index (χ1) is 15.2. The Kier molecular flexibility index (Phi) is 5.32. The van der Waals surface area contributed by atoms with Crippen molar-refractivity contribution >= 4 is 11.6 Å². The van der Waals surface area contributed by atoms with Crippen molar-refractivity contribution in [1.82, 2.24) is 5.32 Å². The van der Waals surface area contributed by atoms with E-state index in [0.717, 1.165) is 37.7 Å². The van der Waals surface area contributed by atoms with Crippen LogP contribution in [0.5, 0.6) is 0 Å². The van der Waals surface area contributed by atoms with Crippen LogP contribution in [0.3, 0.4) is 0 Å². The van der Waals surface area contributed by atoms with E-state index < -0.39 is 17.1 Å². The molecule has 0 radical (unpaired) electrons. The second-order valence-electron chi connectivity index (χ2n) is 11.1. The van der Waals surface area contributed by atoms with Gasteiger partial charge in [-0.2, -0.15) is 0 Å². The van der Waals surface area contributed by atoms with Gasteiger partial charge < -0.3 is 19.9 Å². The van der Waals surface area contributed by atoms with Gasteiger partial charge >= 0.3 is 0 Å². The number of hydrogen-bond acceptors (Lipinski definition) is 6. The van der Waals surface area contributed by atoms with Crippen LogP contribution in [0, 0.1) is 28.6 Å². The van der Waals surface area contributed by atoms with Crippen LogP contribution in [0.25, 0.3) is 0 Å². The lowest BCUT2D eigenvalue weighted by Gasteiger charge is -2.59. The van der Waals surface area contributed by atoms with E-state index in [2.05, 4.69) is 26.1 Å². The molecule has 0 aromatic heterocycles. The summed E-state index contributed by atoms with van der Waals surface area (Å²) in [5, 5.41) is 14.7. The third-order valence-electron chi connectivity index (χ3n) is 9.57. The molecule has 0 aromatic carbocycles. The first-order valence-electron chi connectivity index (χ1n) is 12.3. The first-order valence-corrected chi connectivity index (χ1v) is 12.3. The zero-order valence-electron chi connectivity index (χ0n) is 19.7. The molecule has 4 fully saturated rings. The number of carbonyl (C=O) groups excluding carboxylic acids is 2. The van der Waals surface area contributed by atoms with Crippen LogP contribution in [0.15, 0.2) is 23.8 Å². The third-order valence-corrected chi connectivity index (χ3v) is 9.57. The van der Waals surface area contributed by atoms with Crippen molar-refractivity contribution in [3.8, 4) is 0 Å². The maximum atomic E-state index is 13.6. The van der Waals surface area contributed by atoms with Crippen molar-refractivity contribution in [2.45, 2.75) is 83.4 Å². The molecule has 2 N–H and O–H groups in total. The zero-order chi connectivity index (χ0) is 22.9. The molecular weight excluding hydrogens is 406 g/mol. The standard InChI is InChI=1S/C26H37NO5/c1-5-6-22-31-21-12-18-17-8-7-15-11-16(28)9-10-24(15,2)23(17)19(29)13-25(18,3)26(21,32-22)20(30)14-27-4/h9-11,17-19,21-23,27,29H,5-8,12-14H2,1-4H3/t17-,18-,19-,21+,22?,23+,24-,25-,26+/m0/s1. The van der Waals surface area contributed by atoms with Gasteiger partial charge in [-0.1, -0.05) is 38.8 Å². The van der Waals surface area contributed by atoms with Gasteiger partial charge in [-0.05, 0) is 63.1 Å². The molecule has 0 amide bonds.